The molecule has 3 aliphatic rings. The van der Waals surface area contributed by atoms with Gasteiger partial charge in [0.15, 0.2) is 0 Å². The predicted octanol–water partition coefficient (Wildman–Crippen LogP) is 5.31. The topological polar surface area (TPSA) is 32.3 Å². The first-order valence-corrected chi connectivity index (χ1v) is 9.47. The van der Waals surface area contributed by atoms with Gasteiger partial charge in [-0.05, 0) is 61.8 Å². The van der Waals surface area contributed by atoms with Crippen molar-refractivity contribution in [3.63, 3.8) is 0 Å². The fraction of sp³-hybridized carbons (Fsp3) is 0.632. The number of rotatable bonds is 1. The number of likely N-dealkylation sites (tertiary alicyclic amines) is 1. The average Bonchev–Trinajstić information content (AvgIpc) is 2.91. The minimum atomic E-state index is 0.0959. The Bertz CT molecular complexity index is 551. The van der Waals surface area contributed by atoms with Crippen LogP contribution in [0.5, 0.6) is 0 Å². The highest BCUT2D eigenvalue weighted by molar-refractivity contribution is 6.30. The van der Waals surface area contributed by atoms with Crippen molar-refractivity contribution >= 4 is 23.3 Å². The molecular formula is C19H25ClN2O. The van der Waals surface area contributed by atoms with Crippen molar-refractivity contribution in [2.75, 3.05) is 5.32 Å². The van der Waals surface area contributed by atoms with E-state index in [9.17, 15) is 4.79 Å². The number of fused-ring (bicyclic) bond motifs is 3. The third-order valence-corrected chi connectivity index (χ3v) is 6.41. The molecule has 2 aliphatic carbocycles. The van der Waals surface area contributed by atoms with Crippen LogP contribution >= 0.6 is 11.6 Å². The quantitative estimate of drug-likeness (QED) is 0.743. The average molecular weight is 333 g/mol. The molecule has 3 fully saturated rings. The van der Waals surface area contributed by atoms with E-state index >= 15 is 0 Å². The lowest BCUT2D eigenvalue weighted by molar-refractivity contribution is 0.157. The fourth-order valence-electron chi connectivity index (χ4n) is 5.24. The summed E-state index contributed by atoms with van der Waals surface area (Å²) in [5, 5.41) is 3.80. The summed E-state index contributed by atoms with van der Waals surface area (Å²) in [4.78, 5) is 15.2. The molecule has 1 aromatic rings. The summed E-state index contributed by atoms with van der Waals surface area (Å²) in [7, 11) is 0. The molecule has 1 aromatic carbocycles. The molecule has 4 atom stereocenters. The van der Waals surface area contributed by atoms with E-state index < -0.39 is 0 Å². The van der Waals surface area contributed by atoms with Gasteiger partial charge in [0.25, 0.3) is 0 Å². The molecule has 0 spiro atoms. The molecule has 2 saturated carbocycles. The molecular weight excluding hydrogens is 308 g/mol. The zero-order valence-corrected chi connectivity index (χ0v) is 14.3. The molecule has 2 amide bonds. The highest BCUT2D eigenvalue weighted by atomic mass is 35.5. The van der Waals surface area contributed by atoms with Crippen LogP contribution in [0.1, 0.15) is 51.4 Å². The van der Waals surface area contributed by atoms with Gasteiger partial charge in [-0.2, -0.15) is 0 Å². The maximum atomic E-state index is 13.0. The number of anilines is 1. The molecule has 1 saturated heterocycles. The summed E-state index contributed by atoms with van der Waals surface area (Å²) in [6, 6.07) is 8.44. The number of nitrogens with zero attached hydrogens (tertiary/aromatic N) is 1. The summed E-state index contributed by atoms with van der Waals surface area (Å²) in [6.45, 7) is 0. The van der Waals surface area contributed by atoms with E-state index in [0.29, 0.717) is 17.1 Å². The maximum Gasteiger partial charge on any atom is 0.322 e. The Hall–Kier alpha value is -1.22. The Morgan fingerprint density at radius 2 is 1.43 bits per heavy atom. The third-order valence-electron chi connectivity index (χ3n) is 6.16. The molecule has 0 unspecified atom stereocenters. The zero-order chi connectivity index (χ0) is 15.8. The Labute approximate surface area is 143 Å². The van der Waals surface area contributed by atoms with Crippen LogP contribution in [-0.2, 0) is 0 Å². The number of carbonyl (C=O) groups excluding carboxylic acids is 1. The summed E-state index contributed by atoms with van der Waals surface area (Å²) in [6.07, 6.45) is 10.2. The number of amides is 2. The number of carbonyl (C=O) groups is 1. The van der Waals surface area contributed by atoms with Gasteiger partial charge in [-0.25, -0.2) is 4.79 Å². The summed E-state index contributed by atoms with van der Waals surface area (Å²) < 4.78 is 0. The van der Waals surface area contributed by atoms with E-state index in [-0.39, 0.29) is 6.03 Å². The van der Waals surface area contributed by atoms with Gasteiger partial charge in [0.05, 0.1) is 0 Å². The number of hydrogen-bond donors (Lipinski definition) is 1. The summed E-state index contributed by atoms with van der Waals surface area (Å²) in [5.74, 6) is 1.48. The van der Waals surface area contributed by atoms with E-state index in [2.05, 4.69) is 10.2 Å². The highest BCUT2D eigenvalue weighted by Gasteiger charge is 2.51. The third kappa shape index (κ3) is 2.84. The van der Waals surface area contributed by atoms with Gasteiger partial charge in [-0.15, -0.1) is 0 Å². The van der Waals surface area contributed by atoms with Crippen LogP contribution in [0.4, 0.5) is 10.5 Å². The monoisotopic (exact) mass is 332 g/mol. The molecule has 0 radical (unpaired) electrons. The first-order chi connectivity index (χ1) is 11.2. The number of halogens is 1. The van der Waals surface area contributed by atoms with Crippen molar-refractivity contribution in [2.45, 2.75) is 63.5 Å². The van der Waals surface area contributed by atoms with E-state index in [0.717, 1.165) is 17.5 Å². The number of hydrogen-bond acceptors (Lipinski definition) is 1. The minimum Gasteiger partial charge on any atom is -0.318 e. The van der Waals surface area contributed by atoms with Gasteiger partial charge >= 0.3 is 6.03 Å². The first-order valence-electron chi connectivity index (χ1n) is 9.09. The molecule has 124 valence electrons. The van der Waals surface area contributed by atoms with Crippen LogP contribution < -0.4 is 5.32 Å². The lowest BCUT2D eigenvalue weighted by Gasteiger charge is -2.34. The fourth-order valence-corrected chi connectivity index (χ4v) is 5.36. The van der Waals surface area contributed by atoms with Crippen LogP contribution in [0.15, 0.2) is 24.3 Å². The molecule has 23 heavy (non-hydrogen) atoms. The lowest BCUT2D eigenvalue weighted by Crippen LogP contribution is -2.46. The second-order valence-electron chi connectivity index (χ2n) is 7.38. The smallest absolute Gasteiger partial charge is 0.318 e. The highest BCUT2D eigenvalue weighted by Crippen LogP contribution is 2.49. The Morgan fingerprint density at radius 3 is 2.00 bits per heavy atom. The molecule has 4 heteroatoms. The van der Waals surface area contributed by atoms with E-state index in [1.807, 2.05) is 24.3 Å². The van der Waals surface area contributed by atoms with Crippen molar-refractivity contribution in [2.24, 2.45) is 11.8 Å². The molecule has 1 aliphatic heterocycles. The SMILES string of the molecule is O=C(Nc1ccc(Cl)cc1)N1[C@@H]2CCCC[C@@H]2[C@H]2CCCC[C@@H]21. The number of urea groups is 1. The van der Waals surface area contributed by atoms with Crippen molar-refractivity contribution in [3.05, 3.63) is 29.3 Å². The molecule has 4 rings (SSSR count). The predicted molar refractivity (Wildman–Crippen MR) is 93.8 cm³/mol. The van der Waals surface area contributed by atoms with Crippen molar-refractivity contribution in [3.8, 4) is 0 Å². The van der Waals surface area contributed by atoms with E-state index in [4.69, 9.17) is 11.6 Å². The lowest BCUT2D eigenvalue weighted by atomic mass is 9.73. The van der Waals surface area contributed by atoms with Crippen LogP contribution in [0.25, 0.3) is 0 Å². The van der Waals surface area contributed by atoms with Crippen LogP contribution in [0.2, 0.25) is 5.02 Å². The van der Waals surface area contributed by atoms with Crippen molar-refractivity contribution in [1.29, 1.82) is 0 Å². The minimum absolute atomic E-state index is 0.0959. The maximum absolute atomic E-state index is 13.0. The van der Waals surface area contributed by atoms with Gasteiger partial charge in [0.2, 0.25) is 0 Å². The van der Waals surface area contributed by atoms with Gasteiger partial charge < -0.3 is 10.2 Å². The molecule has 0 aromatic heterocycles. The second kappa shape index (κ2) is 6.35. The molecule has 3 nitrogen and oxygen atoms in total. The van der Waals surface area contributed by atoms with Gasteiger partial charge in [0.1, 0.15) is 0 Å². The zero-order valence-electron chi connectivity index (χ0n) is 13.5. The van der Waals surface area contributed by atoms with Gasteiger partial charge in [-0.3, -0.25) is 0 Å². The van der Waals surface area contributed by atoms with Crippen molar-refractivity contribution < 1.29 is 4.79 Å². The number of nitrogens with one attached hydrogen (secondary N) is 1. The summed E-state index contributed by atoms with van der Waals surface area (Å²) in [5.41, 5.74) is 0.839. The Morgan fingerprint density at radius 1 is 0.913 bits per heavy atom. The van der Waals surface area contributed by atoms with E-state index in [1.165, 1.54) is 51.4 Å². The van der Waals surface area contributed by atoms with Crippen LogP contribution in [0, 0.1) is 11.8 Å². The second-order valence-corrected chi connectivity index (χ2v) is 7.81. The Balaban J connectivity index is 1.55. The van der Waals surface area contributed by atoms with E-state index in [1.54, 1.807) is 0 Å². The van der Waals surface area contributed by atoms with Gasteiger partial charge in [0, 0.05) is 22.8 Å². The standard InChI is InChI=1S/C19H25ClN2O/c20-13-9-11-14(12-10-13)21-19(23)22-17-7-3-1-5-15(17)16-6-2-4-8-18(16)22/h9-12,15-18H,1-8H2,(H,21,23)/t15-,16-,17-,18+/m1/s1. The molecule has 1 heterocycles. The summed E-state index contributed by atoms with van der Waals surface area (Å²) >= 11 is 5.93. The van der Waals surface area contributed by atoms with Crippen LogP contribution in [-0.4, -0.2) is 23.0 Å². The largest absolute Gasteiger partial charge is 0.322 e. The van der Waals surface area contributed by atoms with Crippen molar-refractivity contribution in [1.82, 2.24) is 4.90 Å². The molecule has 1 N–H and O–H groups in total. The normalized spacial score (nSPS) is 33.0. The van der Waals surface area contributed by atoms with Crippen LogP contribution in [0.3, 0.4) is 0 Å². The first kappa shape index (κ1) is 15.3. The molecule has 0 bridgehead atoms. The van der Waals surface area contributed by atoms with Gasteiger partial charge in [-0.1, -0.05) is 37.3 Å². The Kier molecular flexibility index (Phi) is 4.23. The number of benzene rings is 1.